The van der Waals surface area contributed by atoms with Crippen LogP contribution in [0.3, 0.4) is 0 Å². The molecule has 0 saturated heterocycles. The van der Waals surface area contributed by atoms with Gasteiger partial charge in [-0.1, -0.05) is 12.1 Å². The molecule has 3 rings (SSSR count). The van der Waals surface area contributed by atoms with Gasteiger partial charge in [0.25, 0.3) is 5.69 Å². The molecule has 8 heteroatoms. The topological polar surface area (TPSA) is 107 Å². The van der Waals surface area contributed by atoms with E-state index in [2.05, 4.69) is 5.10 Å². The minimum atomic E-state index is -1.17. The van der Waals surface area contributed by atoms with E-state index in [0.29, 0.717) is 24.3 Å². The fourth-order valence-electron chi connectivity index (χ4n) is 2.41. The van der Waals surface area contributed by atoms with Crippen LogP contribution in [-0.2, 0) is 17.8 Å². The van der Waals surface area contributed by atoms with Crippen molar-refractivity contribution in [2.24, 2.45) is 0 Å². The lowest BCUT2D eigenvalue weighted by Gasteiger charge is -2.14. The van der Waals surface area contributed by atoms with E-state index in [1.807, 2.05) is 0 Å². The number of nitro groups is 1. The zero-order chi connectivity index (χ0) is 15.0. The zero-order valence-corrected chi connectivity index (χ0v) is 10.9. The van der Waals surface area contributed by atoms with Crippen LogP contribution >= 0.6 is 0 Å². The van der Waals surface area contributed by atoms with E-state index in [1.165, 1.54) is 10.7 Å². The average Bonchev–Trinajstić information content (AvgIpc) is 2.87. The van der Waals surface area contributed by atoms with Crippen LogP contribution in [0.5, 0.6) is 0 Å². The normalized spacial score (nSPS) is 13.7. The van der Waals surface area contributed by atoms with Crippen molar-refractivity contribution in [1.29, 1.82) is 0 Å². The molecule has 21 heavy (non-hydrogen) atoms. The maximum absolute atomic E-state index is 11.3. The molecule has 2 aromatic rings. The lowest BCUT2D eigenvalue weighted by molar-refractivity contribution is -0.384. The predicted octanol–water partition coefficient (Wildman–Crippen LogP) is 1.55. The van der Waals surface area contributed by atoms with Gasteiger partial charge in [-0.15, -0.1) is 0 Å². The number of carboxylic acids is 1. The Kier molecular flexibility index (Phi) is 3.15. The molecule has 0 amide bonds. The first-order chi connectivity index (χ1) is 10.1. The molecule has 8 nitrogen and oxygen atoms in total. The number of aromatic carboxylic acids is 1. The third-order valence-corrected chi connectivity index (χ3v) is 3.33. The van der Waals surface area contributed by atoms with E-state index < -0.39 is 10.9 Å². The van der Waals surface area contributed by atoms with Crippen LogP contribution in [0.1, 0.15) is 21.7 Å². The summed E-state index contributed by atoms with van der Waals surface area (Å²) in [6.45, 7) is 0.579. The number of nitrogens with zero attached hydrogens (tertiary/aromatic N) is 3. The highest BCUT2D eigenvalue weighted by atomic mass is 16.6. The van der Waals surface area contributed by atoms with E-state index in [-0.39, 0.29) is 23.7 Å². The number of nitro benzene ring substituents is 1. The summed E-state index contributed by atoms with van der Waals surface area (Å²) in [6, 6.07) is 6.12. The third-order valence-electron chi connectivity index (χ3n) is 3.33. The van der Waals surface area contributed by atoms with Crippen molar-refractivity contribution >= 4 is 11.7 Å². The van der Waals surface area contributed by atoms with Gasteiger partial charge in [-0.25, -0.2) is 9.48 Å². The minimum absolute atomic E-state index is 0.119. The van der Waals surface area contributed by atoms with Crippen molar-refractivity contribution in [3.63, 3.8) is 0 Å². The van der Waals surface area contributed by atoms with Gasteiger partial charge in [0, 0.05) is 18.1 Å². The maximum atomic E-state index is 11.3. The SMILES string of the molecule is O=C(O)c1nn(-c2ccccc2[N+](=O)[O-])c2c1COCC2. The molecule has 108 valence electrons. The summed E-state index contributed by atoms with van der Waals surface area (Å²) in [7, 11) is 0. The zero-order valence-electron chi connectivity index (χ0n) is 10.9. The lowest BCUT2D eigenvalue weighted by Crippen LogP contribution is -2.14. The molecule has 2 heterocycles. The first-order valence-corrected chi connectivity index (χ1v) is 6.25. The van der Waals surface area contributed by atoms with Crippen LogP contribution in [-0.4, -0.2) is 32.4 Å². The third kappa shape index (κ3) is 2.15. The highest BCUT2D eigenvalue weighted by Gasteiger charge is 2.28. The van der Waals surface area contributed by atoms with Gasteiger partial charge in [-0.3, -0.25) is 10.1 Å². The molecular weight excluding hydrogens is 278 g/mol. The van der Waals surface area contributed by atoms with Crippen LogP contribution in [0.4, 0.5) is 5.69 Å². The second-order valence-electron chi connectivity index (χ2n) is 4.54. The molecule has 0 unspecified atom stereocenters. The summed E-state index contributed by atoms with van der Waals surface area (Å²) in [4.78, 5) is 21.9. The summed E-state index contributed by atoms with van der Waals surface area (Å²) in [5, 5.41) is 24.4. The number of para-hydroxylation sites is 2. The van der Waals surface area contributed by atoms with Gasteiger partial charge >= 0.3 is 5.97 Å². The Balaban J connectivity index is 2.24. The number of carbonyl (C=O) groups is 1. The van der Waals surface area contributed by atoms with Gasteiger partial charge in [-0.05, 0) is 6.07 Å². The molecule has 0 radical (unpaired) electrons. The summed E-state index contributed by atoms with van der Waals surface area (Å²) in [5.41, 5.74) is 1.14. The van der Waals surface area contributed by atoms with E-state index in [9.17, 15) is 20.0 Å². The maximum Gasteiger partial charge on any atom is 0.356 e. The van der Waals surface area contributed by atoms with Gasteiger partial charge in [0.2, 0.25) is 0 Å². The van der Waals surface area contributed by atoms with Gasteiger partial charge in [0.1, 0.15) is 5.69 Å². The lowest BCUT2D eigenvalue weighted by atomic mass is 10.1. The van der Waals surface area contributed by atoms with Crippen LogP contribution in [0, 0.1) is 10.1 Å². The molecule has 0 atom stereocenters. The molecule has 1 aliphatic heterocycles. The number of aromatic nitrogens is 2. The molecule has 0 fully saturated rings. The largest absolute Gasteiger partial charge is 0.476 e. The van der Waals surface area contributed by atoms with Crippen molar-refractivity contribution in [2.45, 2.75) is 13.0 Å². The number of hydrogen-bond acceptors (Lipinski definition) is 5. The monoisotopic (exact) mass is 289 g/mol. The van der Waals surface area contributed by atoms with Gasteiger partial charge in [0.05, 0.1) is 23.8 Å². The van der Waals surface area contributed by atoms with Crippen molar-refractivity contribution in [3.8, 4) is 5.69 Å². The average molecular weight is 289 g/mol. The number of hydrogen-bond donors (Lipinski definition) is 1. The number of rotatable bonds is 3. The summed E-state index contributed by atoms with van der Waals surface area (Å²) in [6.07, 6.45) is 0.460. The van der Waals surface area contributed by atoms with E-state index in [4.69, 9.17) is 4.74 Å². The number of carboxylic acid groups (broad SMARTS) is 1. The molecule has 0 aliphatic carbocycles. The Morgan fingerprint density at radius 2 is 2.19 bits per heavy atom. The molecule has 0 saturated carbocycles. The van der Waals surface area contributed by atoms with E-state index in [0.717, 1.165) is 0 Å². The fraction of sp³-hybridized carbons (Fsp3) is 0.231. The molecular formula is C13H11N3O5. The predicted molar refractivity (Wildman–Crippen MR) is 70.5 cm³/mol. The summed E-state index contributed by atoms with van der Waals surface area (Å²) < 4.78 is 6.61. The van der Waals surface area contributed by atoms with E-state index >= 15 is 0 Å². The molecule has 0 spiro atoms. The Morgan fingerprint density at radius 1 is 1.43 bits per heavy atom. The minimum Gasteiger partial charge on any atom is -0.476 e. The highest BCUT2D eigenvalue weighted by molar-refractivity contribution is 5.87. The van der Waals surface area contributed by atoms with Crippen molar-refractivity contribution in [1.82, 2.24) is 9.78 Å². The van der Waals surface area contributed by atoms with Crippen molar-refractivity contribution in [2.75, 3.05) is 6.61 Å². The van der Waals surface area contributed by atoms with Gasteiger partial charge < -0.3 is 9.84 Å². The first-order valence-electron chi connectivity index (χ1n) is 6.25. The Labute approximate surface area is 118 Å². The highest BCUT2D eigenvalue weighted by Crippen LogP contribution is 2.28. The van der Waals surface area contributed by atoms with Crippen LogP contribution in [0.2, 0.25) is 0 Å². The van der Waals surface area contributed by atoms with Gasteiger partial charge in [-0.2, -0.15) is 5.10 Å². The van der Waals surface area contributed by atoms with Gasteiger partial charge in [0.15, 0.2) is 5.69 Å². The van der Waals surface area contributed by atoms with Crippen LogP contribution in [0.15, 0.2) is 24.3 Å². The van der Waals surface area contributed by atoms with Crippen molar-refractivity contribution in [3.05, 3.63) is 51.3 Å². The fourth-order valence-corrected chi connectivity index (χ4v) is 2.41. The first kappa shape index (κ1) is 13.3. The number of benzene rings is 1. The molecule has 1 aromatic heterocycles. The summed E-state index contributed by atoms with van der Waals surface area (Å²) >= 11 is 0. The molecule has 1 aliphatic rings. The Hall–Kier alpha value is -2.74. The standard InChI is InChI=1S/C13H11N3O5/c17-13(18)12-8-7-21-6-5-9(8)15(14-12)10-3-1-2-4-11(10)16(19)20/h1-4H,5-7H2,(H,17,18). The molecule has 1 N–H and O–H groups in total. The molecule has 0 bridgehead atoms. The number of ether oxygens (including phenoxy) is 1. The van der Waals surface area contributed by atoms with E-state index in [1.54, 1.807) is 18.2 Å². The second-order valence-corrected chi connectivity index (χ2v) is 4.54. The smallest absolute Gasteiger partial charge is 0.356 e. The van der Waals surface area contributed by atoms with Crippen LogP contribution in [0.25, 0.3) is 5.69 Å². The van der Waals surface area contributed by atoms with Crippen molar-refractivity contribution < 1.29 is 19.6 Å². The Morgan fingerprint density at radius 3 is 2.90 bits per heavy atom. The van der Waals surface area contributed by atoms with Crippen LogP contribution < -0.4 is 0 Å². The number of fused-ring (bicyclic) bond motifs is 1. The Bertz CT molecular complexity index is 737. The summed E-state index contributed by atoms with van der Waals surface area (Å²) in [5.74, 6) is -1.17. The second kappa shape index (κ2) is 4.98. The molecule has 1 aromatic carbocycles. The quantitative estimate of drug-likeness (QED) is 0.678.